The van der Waals surface area contributed by atoms with Crippen molar-refractivity contribution in [2.24, 2.45) is 0 Å². The number of aryl methyl sites for hydroxylation is 1. The van der Waals surface area contributed by atoms with Crippen LogP contribution in [0, 0.1) is 6.92 Å². The van der Waals surface area contributed by atoms with Crippen molar-refractivity contribution in [3.63, 3.8) is 0 Å². The summed E-state index contributed by atoms with van der Waals surface area (Å²) >= 11 is 1.88. The molecule has 5 heteroatoms. The number of benzene rings is 1. The van der Waals surface area contributed by atoms with Crippen molar-refractivity contribution in [2.45, 2.75) is 18.4 Å². The molecule has 3 heterocycles. The van der Waals surface area contributed by atoms with E-state index in [-0.39, 0.29) is 5.56 Å². The number of anilines is 1. The average molecular weight is 323 g/mol. The predicted octanol–water partition coefficient (Wildman–Crippen LogP) is 3.12. The molecule has 0 atom stereocenters. The molecule has 0 radical (unpaired) electrons. The molecule has 0 amide bonds. The van der Waals surface area contributed by atoms with E-state index in [2.05, 4.69) is 34.1 Å². The smallest absolute Gasteiger partial charge is 0.258 e. The van der Waals surface area contributed by atoms with Gasteiger partial charge < -0.3 is 4.90 Å². The number of nitrogens with zero attached hydrogens (tertiary/aromatic N) is 3. The van der Waals surface area contributed by atoms with Gasteiger partial charge in [0, 0.05) is 29.0 Å². The van der Waals surface area contributed by atoms with E-state index in [1.807, 2.05) is 36.9 Å². The molecule has 4 rings (SSSR count). The van der Waals surface area contributed by atoms with Gasteiger partial charge in [-0.3, -0.25) is 9.20 Å². The molecule has 23 heavy (non-hydrogen) atoms. The molecule has 0 fully saturated rings. The second-order valence-corrected chi connectivity index (χ2v) is 6.82. The monoisotopic (exact) mass is 323 g/mol. The summed E-state index contributed by atoms with van der Waals surface area (Å²) in [6.45, 7) is 3.56. The first-order chi connectivity index (χ1) is 11.2. The van der Waals surface area contributed by atoms with Crippen LogP contribution in [-0.4, -0.2) is 21.7 Å². The summed E-state index contributed by atoms with van der Waals surface area (Å²) in [5.41, 5.74) is 3.67. The lowest BCUT2D eigenvalue weighted by atomic mass is 10.2. The minimum Gasteiger partial charge on any atom is -0.364 e. The zero-order valence-corrected chi connectivity index (χ0v) is 13.7. The topological polar surface area (TPSA) is 37.6 Å². The Kier molecular flexibility index (Phi) is 3.58. The molecule has 2 aromatic heterocycles. The van der Waals surface area contributed by atoms with Gasteiger partial charge in [0.05, 0.1) is 17.9 Å². The van der Waals surface area contributed by atoms with Crippen molar-refractivity contribution in [2.75, 3.05) is 17.2 Å². The Morgan fingerprint density at radius 1 is 1.17 bits per heavy atom. The Morgan fingerprint density at radius 3 is 2.96 bits per heavy atom. The molecule has 1 aliphatic heterocycles. The van der Waals surface area contributed by atoms with Gasteiger partial charge in [0.25, 0.3) is 5.56 Å². The van der Waals surface area contributed by atoms with E-state index in [0.717, 1.165) is 23.7 Å². The van der Waals surface area contributed by atoms with E-state index in [1.54, 1.807) is 10.5 Å². The fraction of sp³-hybridized carbons (Fsp3) is 0.222. The third-order valence-electron chi connectivity index (χ3n) is 4.11. The van der Waals surface area contributed by atoms with Crippen LogP contribution in [0.3, 0.4) is 0 Å². The Morgan fingerprint density at radius 2 is 2.04 bits per heavy atom. The summed E-state index contributed by atoms with van der Waals surface area (Å²) in [5.74, 6) is 1.06. The Labute approximate surface area is 138 Å². The molecule has 0 N–H and O–H groups in total. The number of rotatable bonds is 2. The minimum absolute atomic E-state index is 0.0113. The van der Waals surface area contributed by atoms with Crippen molar-refractivity contribution in [3.05, 3.63) is 70.3 Å². The van der Waals surface area contributed by atoms with Gasteiger partial charge in [-0.1, -0.05) is 18.2 Å². The molecule has 0 bridgehead atoms. The molecule has 1 aromatic carbocycles. The Balaban J connectivity index is 1.73. The van der Waals surface area contributed by atoms with Gasteiger partial charge in [0.2, 0.25) is 0 Å². The minimum atomic E-state index is -0.0113. The van der Waals surface area contributed by atoms with Crippen molar-refractivity contribution < 1.29 is 0 Å². The lowest BCUT2D eigenvalue weighted by Crippen LogP contribution is -2.30. The van der Waals surface area contributed by atoms with Crippen LogP contribution in [0.1, 0.15) is 11.4 Å². The first-order valence-corrected chi connectivity index (χ1v) is 8.66. The molecule has 0 saturated carbocycles. The molecule has 0 spiro atoms. The summed E-state index contributed by atoms with van der Waals surface area (Å²) < 4.78 is 1.66. The van der Waals surface area contributed by atoms with Gasteiger partial charge >= 0.3 is 0 Å². The molecule has 116 valence electrons. The van der Waals surface area contributed by atoms with Gasteiger partial charge in [-0.2, -0.15) is 0 Å². The van der Waals surface area contributed by atoms with Gasteiger partial charge in [-0.05, 0) is 31.2 Å². The number of thioether (sulfide) groups is 1. The first kappa shape index (κ1) is 14.3. The molecule has 1 aliphatic rings. The van der Waals surface area contributed by atoms with Crippen LogP contribution in [0.25, 0.3) is 5.65 Å². The van der Waals surface area contributed by atoms with Crippen LogP contribution in [0.4, 0.5) is 5.69 Å². The highest BCUT2D eigenvalue weighted by atomic mass is 32.2. The second-order valence-electron chi connectivity index (χ2n) is 5.68. The molecular weight excluding hydrogens is 306 g/mol. The third-order valence-corrected chi connectivity index (χ3v) is 5.15. The molecule has 0 aliphatic carbocycles. The Hall–Kier alpha value is -2.27. The van der Waals surface area contributed by atoms with Crippen LogP contribution in [-0.2, 0) is 6.54 Å². The van der Waals surface area contributed by atoms with E-state index >= 15 is 0 Å². The summed E-state index contributed by atoms with van der Waals surface area (Å²) in [6.07, 6.45) is 0. The summed E-state index contributed by atoms with van der Waals surface area (Å²) in [7, 11) is 0. The fourth-order valence-electron chi connectivity index (χ4n) is 3.03. The second kappa shape index (κ2) is 5.74. The van der Waals surface area contributed by atoms with Gasteiger partial charge in [0.1, 0.15) is 5.65 Å². The van der Waals surface area contributed by atoms with Crippen molar-refractivity contribution >= 4 is 23.1 Å². The van der Waals surface area contributed by atoms with E-state index in [0.29, 0.717) is 12.2 Å². The molecule has 0 unspecified atom stereocenters. The SMILES string of the molecule is Cc1cccc2nc(CN3CCSc4ccccc43)cc(=O)n12. The Bertz CT molecular complexity index is 935. The van der Waals surface area contributed by atoms with E-state index in [4.69, 9.17) is 0 Å². The molecule has 4 nitrogen and oxygen atoms in total. The van der Waals surface area contributed by atoms with Crippen LogP contribution in [0.2, 0.25) is 0 Å². The first-order valence-electron chi connectivity index (χ1n) is 7.67. The maximum Gasteiger partial charge on any atom is 0.258 e. The number of aromatic nitrogens is 2. The van der Waals surface area contributed by atoms with Crippen LogP contribution < -0.4 is 10.5 Å². The summed E-state index contributed by atoms with van der Waals surface area (Å²) in [4.78, 5) is 20.7. The lowest BCUT2D eigenvalue weighted by Gasteiger charge is -2.30. The average Bonchev–Trinajstić information content (AvgIpc) is 2.55. The highest BCUT2D eigenvalue weighted by Gasteiger charge is 2.17. The fourth-order valence-corrected chi connectivity index (χ4v) is 4.08. The van der Waals surface area contributed by atoms with Crippen LogP contribution >= 0.6 is 11.8 Å². The normalized spacial score (nSPS) is 14.0. The van der Waals surface area contributed by atoms with E-state index in [1.165, 1.54) is 10.6 Å². The van der Waals surface area contributed by atoms with Crippen LogP contribution in [0.5, 0.6) is 0 Å². The number of hydrogen-bond acceptors (Lipinski definition) is 4. The molecule has 0 saturated heterocycles. The number of pyridine rings is 1. The van der Waals surface area contributed by atoms with Crippen molar-refractivity contribution in [3.8, 4) is 0 Å². The van der Waals surface area contributed by atoms with Crippen molar-refractivity contribution in [1.82, 2.24) is 9.38 Å². The number of fused-ring (bicyclic) bond motifs is 2. The van der Waals surface area contributed by atoms with Crippen LogP contribution in [0.15, 0.2) is 58.2 Å². The number of hydrogen-bond donors (Lipinski definition) is 0. The largest absolute Gasteiger partial charge is 0.364 e. The number of para-hydroxylation sites is 1. The maximum absolute atomic E-state index is 12.4. The summed E-state index contributed by atoms with van der Waals surface area (Å²) in [5, 5.41) is 0. The van der Waals surface area contributed by atoms with Gasteiger partial charge in [-0.25, -0.2) is 4.98 Å². The predicted molar refractivity (Wildman–Crippen MR) is 94.4 cm³/mol. The van der Waals surface area contributed by atoms with Crippen molar-refractivity contribution in [1.29, 1.82) is 0 Å². The third kappa shape index (κ3) is 2.61. The lowest BCUT2D eigenvalue weighted by molar-refractivity contribution is 0.790. The highest BCUT2D eigenvalue weighted by molar-refractivity contribution is 7.99. The quantitative estimate of drug-likeness (QED) is 0.726. The zero-order valence-electron chi connectivity index (χ0n) is 12.9. The zero-order chi connectivity index (χ0) is 15.8. The summed E-state index contributed by atoms with van der Waals surface area (Å²) in [6, 6.07) is 15.8. The maximum atomic E-state index is 12.4. The standard InChI is InChI=1S/C18H17N3OS/c1-13-5-4-8-17-19-14(11-18(22)21(13)17)12-20-9-10-23-16-7-3-2-6-15(16)20/h2-8,11H,9-10,12H2,1H3. The van der Waals surface area contributed by atoms with E-state index in [9.17, 15) is 4.79 Å². The van der Waals surface area contributed by atoms with Gasteiger partial charge in [0.15, 0.2) is 0 Å². The van der Waals surface area contributed by atoms with Gasteiger partial charge in [-0.15, -0.1) is 11.8 Å². The highest BCUT2D eigenvalue weighted by Crippen LogP contribution is 2.34. The van der Waals surface area contributed by atoms with E-state index < -0.39 is 0 Å². The molecular formula is C18H17N3OS. The molecule has 3 aromatic rings.